The van der Waals surface area contributed by atoms with E-state index in [0.29, 0.717) is 11.3 Å². The van der Waals surface area contributed by atoms with E-state index in [0.717, 1.165) is 10.9 Å². The van der Waals surface area contributed by atoms with Crippen molar-refractivity contribution in [1.29, 1.82) is 0 Å². The molecule has 1 aromatic heterocycles. The molecule has 3 amide bonds. The van der Waals surface area contributed by atoms with Crippen LogP contribution in [-0.2, 0) is 35.2 Å². The van der Waals surface area contributed by atoms with Crippen LogP contribution in [0, 0.1) is 0 Å². The Morgan fingerprint density at radius 1 is 0.829 bits per heavy atom. The molecule has 0 bridgehead atoms. The van der Waals surface area contributed by atoms with Gasteiger partial charge < -0.3 is 42.0 Å². The van der Waals surface area contributed by atoms with E-state index in [1.807, 2.05) is 18.2 Å². The fraction of sp³-hybridized carbons (Fsp3) is 0.462. The quantitative estimate of drug-likeness (QED) is 0.115. The molecule has 0 saturated carbocycles. The van der Waals surface area contributed by atoms with E-state index in [4.69, 9.17) is 15.9 Å². The highest BCUT2D eigenvalue weighted by Gasteiger charge is 2.31. The summed E-state index contributed by atoms with van der Waals surface area (Å²) in [6.45, 7) is 0. The summed E-state index contributed by atoms with van der Waals surface area (Å²) >= 11 is 1.39. The lowest BCUT2D eigenvalue weighted by Crippen LogP contribution is -2.57. The van der Waals surface area contributed by atoms with Crippen molar-refractivity contribution < 1.29 is 44.1 Å². The van der Waals surface area contributed by atoms with Crippen LogP contribution in [-0.4, -0.2) is 92.1 Å². The molecule has 4 atom stereocenters. The summed E-state index contributed by atoms with van der Waals surface area (Å²) in [5.74, 6) is -5.74. The van der Waals surface area contributed by atoms with Gasteiger partial charge in [0.1, 0.15) is 18.1 Å². The number of nitrogens with two attached hydrogens (primary N) is 1. The first-order valence-corrected chi connectivity index (χ1v) is 14.2. The van der Waals surface area contributed by atoms with Gasteiger partial charge in [0.15, 0.2) is 0 Å². The number of rotatable bonds is 18. The Bertz CT molecular complexity index is 1250. The fourth-order valence-corrected chi connectivity index (χ4v) is 4.47. The van der Waals surface area contributed by atoms with Crippen molar-refractivity contribution in [3.63, 3.8) is 0 Å². The SMILES string of the molecule is CSCCC(NC(=O)C(CCC(=O)O)NC(=O)C(N)CCC(=O)O)C(=O)NC(Cc1c[nH]c2ccccc12)C(=O)O. The first-order valence-electron chi connectivity index (χ1n) is 12.8. The van der Waals surface area contributed by atoms with Gasteiger partial charge in [0.05, 0.1) is 6.04 Å². The van der Waals surface area contributed by atoms with Gasteiger partial charge in [-0.05, 0) is 42.9 Å². The number of aromatic nitrogens is 1. The number of carbonyl (C=O) groups is 6. The Balaban J connectivity index is 2.16. The molecule has 1 heterocycles. The third-order valence-corrected chi connectivity index (χ3v) is 6.89. The molecule has 0 saturated heterocycles. The van der Waals surface area contributed by atoms with Gasteiger partial charge in [-0.3, -0.25) is 24.0 Å². The molecule has 1 aromatic carbocycles. The second-order valence-corrected chi connectivity index (χ2v) is 10.3. The molecule has 0 fully saturated rings. The van der Waals surface area contributed by atoms with Crippen LogP contribution in [0.4, 0.5) is 0 Å². The van der Waals surface area contributed by atoms with Crippen LogP contribution in [0.2, 0.25) is 0 Å². The Morgan fingerprint density at radius 3 is 2.00 bits per heavy atom. The number of H-pyrrole nitrogens is 1. The predicted molar refractivity (Wildman–Crippen MR) is 150 cm³/mol. The van der Waals surface area contributed by atoms with Gasteiger partial charge in [-0.2, -0.15) is 11.8 Å². The van der Waals surface area contributed by atoms with E-state index < -0.39 is 66.2 Å². The van der Waals surface area contributed by atoms with E-state index in [1.165, 1.54) is 11.8 Å². The first kappa shape index (κ1) is 33.1. The molecule has 0 aliphatic rings. The van der Waals surface area contributed by atoms with Crippen LogP contribution in [0.3, 0.4) is 0 Å². The number of carboxylic acids is 3. The lowest BCUT2D eigenvalue weighted by molar-refractivity contribution is -0.142. The second-order valence-electron chi connectivity index (χ2n) is 9.34. The van der Waals surface area contributed by atoms with Crippen molar-refractivity contribution in [3.05, 3.63) is 36.0 Å². The third kappa shape index (κ3) is 10.8. The molecule has 14 nitrogen and oxygen atoms in total. The molecule has 224 valence electrons. The molecule has 0 radical (unpaired) electrons. The average Bonchev–Trinajstić information content (AvgIpc) is 3.33. The van der Waals surface area contributed by atoms with Gasteiger partial charge in [0, 0.05) is 36.4 Å². The molecule has 2 aromatic rings. The van der Waals surface area contributed by atoms with E-state index in [9.17, 15) is 33.9 Å². The highest BCUT2D eigenvalue weighted by atomic mass is 32.2. The molecule has 9 N–H and O–H groups in total. The minimum Gasteiger partial charge on any atom is -0.481 e. The standard InChI is InChI=1S/C26H35N5O9S/c1-41-11-10-19(25(38)31-20(26(39)40)12-14-13-28-17-5-3-2-4-15(14)17)30-24(37)18(7-9-22(34)35)29-23(36)16(27)6-8-21(32)33/h2-5,13,16,18-20,28H,6-12,27H2,1H3,(H,29,36)(H,30,37)(H,31,38)(H,32,33)(H,34,35)(H,39,40). The summed E-state index contributed by atoms with van der Waals surface area (Å²) in [7, 11) is 0. The highest BCUT2D eigenvalue weighted by Crippen LogP contribution is 2.19. The monoisotopic (exact) mass is 593 g/mol. The molecule has 0 spiro atoms. The number of nitrogens with one attached hydrogen (secondary N) is 4. The Labute approximate surface area is 239 Å². The lowest BCUT2D eigenvalue weighted by Gasteiger charge is -2.25. The predicted octanol–water partition coefficient (Wildman–Crippen LogP) is 0.0594. The number of para-hydroxylation sites is 1. The summed E-state index contributed by atoms with van der Waals surface area (Å²) < 4.78 is 0. The number of benzene rings is 1. The van der Waals surface area contributed by atoms with E-state index in [2.05, 4.69) is 20.9 Å². The zero-order chi connectivity index (χ0) is 30.5. The van der Waals surface area contributed by atoms with E-state index >= 15 is 0 Å². The molecule has 0 aliphatic carbocycles. The van der Waals surface area contributed by atoms with Crippen molar-refractivity contribution in [2.75, 3.05) is 12.0 Å². The van der Waals surface area contributed by atoms with Gasteiger partial charge in [0.25, 0.3) is 0 Å². The number of aliphatic carboxylic acids is 3. The largest absolute Gasteiger partial charge is 0.481 e. The Morgan fingerprint density at radius 2 is 1.39 bits per heavy atom. The van der Waals surface area contributed by atoms with Crippen LogP contribution in [0.15, 0.2) is 30.5 Å². The van der Waals surface area contributed by atoms with Crippen LogP contribution in [0.5, 0.6) is 0 Å². The van der Waals surface area contributed by atoms with Crippen LogP contribution < -0.4 is 21.7 Å². The van der Waals surface area contributed by atoms with Gasteiger partial charge in [0.2, 0.25) is 17.7 Å². The summed E-state index contributed by atoms with van der Waals surface area (Å²) in [6, 6.07) is 2.13. The molecular weight excluding hydrogens is 558 g/mol. The maximum absolute atomic E-state index is 13.2. The fourth-order valence-electron chi connectivity index (χ4n) is 4.00. The topological polar surface area (TPSA) is 241 Å². The number of carboxylic acid groups (broad SMARTS) is 3. The number of carbonyl (C=O) groups excluding carboxylic acids is 3. The zero-order valence-electron chi connectivity index (χ0n) is 22.4. The van der Waals surface area contributed by atoms with Crippen molar-refractivity contribution in [1.82, 2.24) is 20.9 Å². The van der Waals surface area contributed by atoms with Crippen LogP contribution >= 0.6 is 11.8 Å². The van der Waals surface area contributed by atoms with Gasteiger partial charge in [-0.15, -0.1) is 0 Å². The van der Waals surface area contributed by atoms with Crippen LogP contribution in [0.1, 0.15) is 37.7 Å². The van der Waals surface area contributed by atoms with Gasteiger partial charge in [-0.25, -0.2) is 4.79 Å². The summed E-state index contributed by atoms with van der Waals surface area (Å²) in [4.78, 5) is 75.8. The third-order valence-electron chi connectivity index (χ3n) is 6.24. The number of thioether (sulfide) groups is 1. The smallest absolute Gasteiger partial charge is 0.326 e. The molecule has 0 aliphatic heterocycles. The molecule has 41 heavy (non-hydrogen) atoms. The van der Waals surface area contributed by atoms with E-state index in [1.54, 1.807) is 18.5 Å². The summed E-state index contributed by atoms with van der Waals surface area (Å²) in [5, 5.41) is 35.8. The lowest BCUT2D eigenvalue weighted by atomic mass is 10.0. The summed E-state index contributed by atoms with van der Waals surface area (Å²) in [5.41, 5.74) is 7.19. The molecule has 4 unspecified atom stereocenters. The number of fused-ring (bicyclic) bond motifs is 1. The second kappa shape index (κ2) is 16.2. The van der Waals surface area contributed by atoms with Crippen molar-refractivity contribution in [2.24, 2.45) is 5.73 Å². The highest BCUT2D eigenvalue weighted by molar-refractivity contribution is 7.98. The first-order chi connectivity index (χ1) is 19.4. The van der Waals surface area contributed by atoms with Gasteiger partial charge >= 0.3 is 17.9 Å². The van der Waals surface area contributed by atoms with E-state index in [-0.39, 0.29) is 32.1 Å². The minimum atomic E-state index is -1.39. The molecule has 2 rings (SSSR count). The Hall–Kier alpha value is -4.11. The van der Waals surface area contributed by atoms with Crippen molar-refractivity contribution in [2.45, 2.75) is 62.7 Å². The molecular formula is C26H35N5O9S. The van der Waals surface area contributed by atoms with Crippen molar-refractivity contribution >= 4 is 58.3 Å². The Kier molecular flexibility index (Phi) is 13.1. The maximum Gasteiger partial charge on any atom is 0.326 e. The summed E-state index contributed by atoms with van der Waals surface area (Å²) in [6.07, 6.45) is 2.12. The average molecular weight is 594 g/mol. The van der Waals surface area contributed by atoms with Crippen LogP contribution in [0.25, 0.3) is 10.9 Å². The number of aromatic amines is 1. The number of hydrogen-bond acceptors (Lipinski definition) is 8. The minimum absolute atomic E-state index is 0.0280. The maximum atomic E-state index is 13.2. The molecule has 15 heteroatoms. The van der Waals surface area contributed by atoms with Gasteiger partial charge in [-0.1, -0.05) is 18.2 Å². The van der Waals surface area contributed by atoms with Crippen molar-refractivity contribution in [3.8, 4) is 0 Å². The number of hydrogen-bond donors (Lipinski definition) is 8. The zero-order valence-corrected chi connectivity index (χ0v) is 23.2. The number of amides is 3. The normalized spacial score (nSPS) is 13.9.